The van der Waals surface area contributed by atoms with Crippen LogP contribution in [0.25, 0.3) is 0 Å². The summed E-state index contributed by atoms with van der Waals surface area (Å²) in [5, 5.41) is 0. The summed E-state index contributed by atoms with van der Waals surface area (Å²) < 4.78 is 0.699. The van der Waals surface area contributed by atoms with E-state index in [1.807, 2.05) is 65.6 Å². The molecule has 0 atom stereocenters. The third kappa shape index (κ3) is 2.39. The average molecular weight is 276 g/mol. The number of nitrogens with two attached hydrogens (primary N) is 1. The van der Waals surface area contributed by atoms with Crippen LogP contribution in [0.3, 0.4) is 0 Å². The first-order chi connectivity index (χ1) is 7.79. The van der Waals surface area contributed by atoms with Crippen LogP contribution in [0.1, 0.15) is 0 Å². The molecule has 16 heavy (non-hydrogen) atoms. The van der Waals surface area contributed by atoms with Crippen molar-refractivity contribution in [3.05, 3.63) is 60.7 Å². The van der Waals surface area contributed by atoms with Gasteiger partial charge in [-0.2, -0.15) is 0 Å². The summed E-state index contributed by atoms with van der Waals surface area (Å²) in [5.74, 6) is 0. The zero-order valence-corrected chi connectivity index (χ0v) is 10.6. The summed E-state index contributed by atoms with van der Waals surface area (Å²) in [7, 11) is 0. The monoisotopic (exact) mass is 277 g/mol. The molecule has 2 N–H and O–H groups in total. The number of hydrogen-bond donors (Lipinski definition) is 1. The van der Waals surface area contributed by atoms with Crippen LogP contribution in [0.5, 0.6) is 0 Å². The number of benzene rings is 2. The molecule has 0 spiro atoms. The molecule has 2 rings (SSSR count). The van der Waals surface area contributed by atoms with Crippen LogP contribution in [0, 0.1) is 0 Å². The molecule has 0 aliphatic rings. The fraction of sp³-hybridized carbons (Fsp3) is 0. The van der Waals surface area contributed by atoms with Crippen molar-refractivity contribution in [3.63, 3.8) is 0 Å². The van der Waals surface area contributed by atoms with Crippen molar-refractivity contribution < 1.29 is 0 Å². The first-order valence-electron chi connectivity index (χ1n) is 5.00. The number of anilines is 2. The summed E-state index contributed by atoms with van der Waals surface area (Å²) in [6, 6.07) is 20.1. The second kappa shape index (κ2) is 5.08. The van der Waals surface area contributed by atoms with Gasteiger partial charge in [-0.3, -0.25) is 0 Å². The molecule has 2 aromatic rings. The summed E-state index contributed by atoms with van der Waals surface area (Å²) in [6.45, 7) is 0. The third-order valence-electron chi connectivity index (χ3n) is 2.26. The normalized spacial score (nSPS) is 9.81. The van der Waals surface area contributed by atoms with Crippen LogP contribution >= 0.6 is 0 Å². The molecule has 0 aliphatic carbocycles. The first-order valence-corrected chi connectivity index (χ1v) is 5.94. The van der Waals surface area contributed by atoms with E-state index in [1.54, 1.807) is 0 Å². The van der Waals surface area contributed by atoms with Crippen molar-refractivity contribution in [3.8, 4) is 0 Å². The second-order valence-corrected chi connectivity index (χ2v) is 4.33. The number of hydrogen-bond acceptors (Lipinski definition) is 2. The molecule has 0 saturated carbocycles. The molecule has 0 unspecified atom stereocenters. The van der Waals surface area contributed by atoms with Crippen molar-refractivity contribution >= 4 is 31.6 Å². The Labute approximate surface area is 103 Å². The van der Waals surface area contributed by atoms with E-state index < -0.39 is 0 Å². The van der Waals surface area contributed by atoms with Gasteiger partial charge in [0.25, 0.3) is 0 Å². The molecule has 2 aromatic carbocycles. The van der Waals surface area contributed by atoms with Crippen LogP contribution < -0.4 is 10.6 Å². The van der Waals surface area contributed by atoms with Crippen LogP contribution in [0.4, 0.5) is 11.4 Å². The molecule has 0 aliphatic heterocycles. The van der Waals surface area contributed by atoms with Crippen molar-refractivity contribution in [2.75, 3.05) is 4.90 Å². The van der Waals surface area contributed by atoms with Gasteiger partial charge in [-0.05, 0) is 0 Å². The maximum absolute atomic E-state index is 5.92. The molecule has 0 heterocycles. The Morgan fingerprint density at radius 2 is 1.19 bits per heavy atom. The van der Waals surface area contributed by atoms with E-state index in [1.165, 1.54) is 0 Å². The Morgan fingerprint density at radius 1 is 0.812 bits per heavy atom. The molecule has 0 fully saturated rings. The van der Waals surface area contributed by atoms with Gasteiger partial charge in [0, 0.05) is 0 Å². The van der Waals surface area contributed by atoms with Crippen LogP contribution in [-0.4, -0.2) is 20.2 Å². The summed E-state index contributed by atoms with van der Waals surface area (Å²) in [4.78, 5) is 2.00. The van der Waals surface area contributed by atoms with Crippen molar-refractivity contribution in [1.82, 2.24) is 0 Å². The van der Waals surface area contributed by atoms with Crippen molar-refractivity contribution in [2.45, 2.75) is 0 Å². The van der Waals surface area contributed by atoms with Gasteiger partial charge in [-0.15, -0.1) is 0 Å². The van der Waals surface area contributed by atoms with E-state index in [2.05, 4.69) is 15.6 Å². The van der Waals surface area contributed by atoms with Gasteiger partial charge >= 0.3 is 103 Å². The van der Waals surface area contributed by atoms with Crippen LogP contribution in [0.15, 0.2) is 60.7 Å². The molecule has 0 saturated heterocycles. The second-order valence-electron chi connectivity index (χ2n) is 3.36. The number of nitrogens with zero attached hydrogens (tertiary/aromatic N) is 1. The van der Waals surface area contributed by atoms with E-state index in [-0.39, 0.29) is 0 Å². The predicted molar refractivity (Wildman–Crippen MR) is 71.4 cm³/mol. The Bertz CT molecular complexity index is 428. The third-order valence-corrected chi connectivity index (χ3v) is 2.68. The summed E-state index contributed by atoms with van der Waals surface area (Å²) >= 11 is 2.38. The first kappa shape index (κ1) is 11.1. The molecular formula is C13H13N2Se. The van der Waals surface area contributed by atoms with Gasteiger partial charge in [0.05, 0.1) is 0 Å². The number of para-hydroxylation sites is 2. The Kier molecular flexibility index (Phi) is 3.52. The average Bonchev–Trinajstić information content (AvgIpc) is 2.31. The topological polar surface area (TPSA) is 29.3 Å². The molecule has 1 radical (unpaired) electrons. The minimum absolute atomic E-state index is 0.699. The molecule has 0 aromatic heterocycles. The van der Waals surface area contributed by atoms with Gasteiger partial charge in [-0.1, -0.05) is 0 Å². The fourth-order valence-corrected chi connectivity index (χ4v) is 2.05. The van der Waals surface area contributed by atoms with Gasteiger partial charge in [0.1, 0.15) is 0 Å². The fourth-order valence-electron chi connectivity index (χ4n) is 1.57. The summed E-state index contributed by atoms with van der Waals surface area (Å²) in [6.07, 6.45) is 0. The Balaban J connectivity index is 2.44. The molecule has 2 nitrogen and oxygen atoms in total. The molecule has 3 heteroatoms. The Morgan fingerprint density at radius 3 is 1.50 bits per heavy atom. The molecular weight excluding hydrogens is 263 g/mol. The zero-order valence-electron chi connectivity index (χ0n) is 8.75. The Hall–Kier alpha value is -1.41. The standard InChI is InChI=1S/C13H13N2Se/c14-13(16)15(11-7-3-1-4-8-11)12-9-5-2-6-10-12/h1-10,16H,14H2. The van der Waals surface area contributed by atoms with E-state index in [0.29, 0.717) is 4.67 Å². The number of rotatable bonds is 3. The zero-order chi connectivity index (χ0) is 11.4. The van der Waals surface area contributed by atoms with E-state index >= 15 is 0 Å². The van der Waals surface area contributed by atoms with Crippen molar-refractivity contribution in [2.24, 2.45) is 5.73 Å². The van der Waals surface area contributed by atoms with Gasteiger partial charge in [-0.25, -0.2) is 0 Å². The van der Waals surface area contributed by atoms with Gasteiger partial charge in [0.15, 0.2) is 0 Å². The minimum atomic E-state index is 0.699. The van der Waals surface area contributed by atoms with Gasteiger partial charge in [0.2, 0.25) is 0 Å². The SMILES string of the molecule is NC(=[SeH])N(c1ccccc1)c1ccccc1. The maximum atomic E-state index is 5.92. The van der Waals surface area contributed by atoms with E-state index in [9.17, 15) is 0 Å². The quantitative estimate of drug-likeness (QED) is 0.866. The predicted octanol–water partition coefficient (Wildman–Crippen LogP) is 1.77. The molecule has 0 bridgehead atoms. The van der Waals surface area contributed by atoms with E-state index in [0.717, 1.165) is 11.4 Å². The van der Waals surface area contributed by atoms with Crippen LogP contribution in [0.2, 0.25) is 0 Å². The van der Waals surface area contributed by atoms with Gasteiger partial charge < -0.3 is 0 Å². The van der Waals surface area contributed by atoms with Crippen LogP contribution in [-0.2, 0) is 0 Å². The van der Waals surface area contributed by atoms with Crippen molar-refractivity contribution in [1.29, 1.82) is 0 Å². The molecule has 0 amide bonds. The van der Waals surface area contributed by atoms with E-state index in [4.69, 9.17) is 5.73 Å². The molecule has 81 valence electrons. The summed E-state index contributed by atoms with van der Waals surface area (Å²) in [5.41, 5.74) is 8.04.